The number of aromatic nitrogens is 2. The lowest BCUT2D eigenvalue weighted by Crippen LogP contribution is -2.40. The third kappa shape index (κ3) is 3.29. The second-order valence-electron chi connectivity index (χ2n) is 6.90. The number of likely N-dealkylation sites (tertiary alicyclic amines) is 1. The summed E-state index contributed by atoms with van der Waals surface area (Å²) in [4.78, 5) is 22.7. The van der Waals surface area contributed by atoms with Crippen LogP contribution in [0.4, 0.5) is 0 Å². The molecule has 1 saturated heterocycles. The van der Waals surface area contributed by atoms with Gasteiger partial charge < -0.3 is 14.6 Å². The number of piperidine rings is 1. The van der Waals surface area contributed by atoms with Crippen molar-refractivity contribution < 1.29 is 9.53 Å². The summed E-state index contributed by atoms with van der Waals surface area (Å²) in [6.45, 7) is 1.60. The number of methoxy groups -OCH3 is 1. The molecule has 3 heterocycles. The molecule has 26 heavy (non-hydrogen) atoms. The molecule has 0 bridgehead atoms. The molecule has 0 saturated carbocycles. The van der Waals surface area contributed by atoms with E-state index in [1.54, 1.807) is 7.11 Å². The Bertz CT molecular complexity index is 904. The van der Waals surface area contributed by atoms with Crippen LogP contribution in [0.25, 0.3) is 10.9 Å². The first-order valence-corrected chi connectivity index (χ1v) is 9.09. The minimum Gasteiger partial charge on any atom is -0.497 e. The second kappa shape index (κ2) is 7.20. The van der Waals surface area contributed by atoms with Crippen molar-refractivity contribution in [3.05, 3.63) is 60.0 Å². The summed E-state index contributed by atoms with van der Waals surface area (Å²) in [6.07, 6.45) is 6.75. The molecule has 1 aliphatic rings. The highest BCUT2D eigenvalue weighted by Crippen LogP contribution is 2.27. The summed E-state index contributed by atoms with van der Waals surface area (Å²) in [5.74, 6) is 1.32. The van der Waals surface area contributed by atoms with E-state index in [4.69, 9.17) is 4.74 Å². The lowest BCUT2D eigenvalue weighted by Gasteiger charge is -2.32. The number of carbonyl (C=O) groups excluding carboxylic acids is 1. The molecule has 2 aromatic heterocycles. The molecule has 1 N–H and O–H groups in total. The average Bonchev–Trinajstić information content (AvgIpc) is 3.11. The first kappa shape index (κ1) is 16.6. The van der Waals surface area contributed by atoms with Gasteiger partial charge >= 0.3 is 0 Å². The zero-order chi connectivity index (χ0) is 17.9. The van der Waals surface area contributed by atoms with E-state index in [0.717, 1.165) is 60.3 Å². The molecule has 3 aromatic rings. The fourth-order valence-corrected chi connectivity index (χ4v) is 3.80. The Balaban J connectivity index is 1.52. The van der Waals surface area contributed by atoms with Crippen molar-refractivity contribution in [2.75, 3.05) is 20.2 Å². The van der Waals surface area contributed by atoms with Crippen molar-refractivity contribution in [2.24, 2.45) is 5.92 Å². The number of amides is 1. The first-order chi connectivity index (χ1) is 12.7. The van der Waals surface area contributed by atoms with Crippen molar-refractivity contribution in [1.82, 2.24) is 14.9 Å². The third-order valence-corrected chi connectivity index (χ3v) is 5.15. The summed E-state index contributed by atoms with van der Waals surface area (Å²) in [7, 11) is 1.64. The zero-order valence-electron chi connectivity index (χ0n) is 14.9. The number of nitrogens with zero attached hydrogens (tertiary/aromatic N) is 2. The highest BCUT2D eigenvalue weighted by Gasteiger charge is 2.26. The van der Waals surface area contributed by atoms with Gasteiger partial charge in [-0.2, -0.15) is 0 Å². The number of benzene rings is 1. The third-order valence-electron chi connectivity index (χ3n) is 5.15. The van der Waals surface area contributed by atoms with Crippen molar-refractivity contribution in [3.8, 4) is 5.75 Å². The summed E-state index contributed by atoms with van der Waals surface area (Å²) >= 11 is 0. The van der Waals surface area contributed by atoms with Crippen molar-refractivity contribution in [1.29, 1.82) is 0 Å². The number of pyridine rings is 1. The fraction of sp³-hybridized carbons (Fsp3) is 0.333. The van der Waals surface area contributed by atoms with E-state index in [1.807, 2.05) is 47.6 Å². The Morgan fingerprint density at radius 3 is 3.08 bits per heavy atom. The van der Waals surface area contributed by atoms with E-state index < -0.39 is 0 Å². The van der Waals surface area contributed by atoms with Crippen LogP contribution in [0.2, 0.25) is 0 Å². The number of nitrogens with one attached hydrogen (secondary N) is 1. The minimum atomic E-state index is 0.0928. The number of hydrogen-bond donors (Lipinski definition) is 1. The predicted molar refractivity (Wildman–Crippen MR) is 101 cm³/mol. The molecule has 4 rings (SSSR count). The predicted octanol–water partition coefficient (Wildman–Crippen LogP) is 3.67. The van der Waals surface area contributed by atoms with E-state index in [2.05, 4.69) is 16.0 Å². The molecular formula is C21H23N3O2. The molecule has 1 aliphatic heterocycles. The van der Waals surface area contributed by atoms with Gasteiger partial charge in [0.25, 0.3) is 5.91 Å². The van der Waals surface area contributed by atoms with Crippen LogP contribution in [-0.2, 0) is 6.42 Å². The van der Waals surface area contributed by atoms with Crippen molar-refractivity contribution >= 4 is 16.8 Å². The van der Waals surface area contributed by atoms with Crippen LogP contribution in [0, 0.1) is 5.92 Å². The number of aromatic amines is 1. The maximum Gasteiger partial charge on any atom is 0.256 e. The number of fused-ring (bicyclic) bond motifs is 1. The Morgan fingerprint density at radius 2 is 2.27 bits per heavy atom. The van der Waals surface area contributed by atoms with Crippen LogP contribution in [0.5, 0.6) is 5.75 Å². The zero-order valence-corrected chi connectivity index (χ0v) is 14.9. The molecule has 0 aliphatic carbocycles. The van der Waals surface area contributed by atoms with E-state index in [1.165, 1.54) is 0 Å². The summed E-state index contributed by atoms with van der Waals surface area (Å²) in [6, 6.07) is 11.8. The largest absolute Gasteiger partial charge is 0.497 e. The average molecular weight is 349 g/mol. The first-order valence-electron chi connectivity index (χ1n) is 9.09. The normalized spacial score (nSPS) is 17.4. The van der Waals surface area contributed by atoms with Gasteiger partial charge in [0.2, 0.25) is 0 Å². The van der Waals surface area contributed by atoms with Crippen molar-refractivity contribution in [2.45, 2.75) is 19.3 Å². The quantitative estimate of drug-likeness (QED) is 0.782. The van der Waals surface area contributed by atoms with Gasteiger partial charge in [0.15, 0.2) is 0 Å². The topological polar surface area (TPSA) is 58.2 Å². The standard InChI is InChI=1S/C21H23N3O2/c1-26-17-7-8-20-18(12-17)19(13-23-20)21(25)24-10-4-5-15(14-24)11-16-6-2-3-9-22-16/h2-3,6-9,12-13,15,23H,4-5,10-11,14H2,1H3/t15-/m0/s1. The lowest BCUT2D eigenvalue weighted by atomic mass is 9.92. The highest BCUT2D eigenvalue weighted by atomic mass is 16.5. The number of carbonyl (C=O) groups is 1. The molecule has 1 aromatic carbocycles. The molecule has 5 nitrogen and oxygen atoms in total. The van der Waals surface area contributed by atoms with Gasteiger partial charge in [0.05, 0.1) is 12.7 Å². The molecule has 1 atom stereocenters. The van der Waals surface area contributed by atoms with E-state index in [9.17, 15) is 4.79 Å². The molecule has 5 heteroatoms. The molecule has 1 fully saturated rings. The maximum atomic E-state index is 13.1. The smallest absolute Gasteiger partial charge is 0.256 e. The number of rotatable bonds is 4. The number of hydrogen-bond acceptors (Lipinski definition) is 3. The molecule has 134 valence electrons. The fourth-order valence-electron chi connectivity index (χ4n) is 3.80. The van der Waals surface area contributed by atoms with Crippen LogP contribution in [0.1, 0.15) is 28.9 Å². The van der Waals surface area contributed by atoms with Gasteiger partial charge in [-0.25, -0.2) is 0 Å². The van der Waals surface area contributed by atoms with Gasteiger partial charge in [0.1, 0.15) is 5.75 Å². The van der Waals surface area contributed by atoms with Crippen LogP contribution in [-0.4, -0.2) is 41.0 Å². The Morgan fingerprint density at radius 1 is 1.35 bits per heavy atom. The van der Waals surface area contributed by atoms with Gasteiger partial charge in [-0.3, -0.25) is 9.78 Å². The summed E-state index contributed by atoms with van der Waals surface area (Å²) in [5, 5.41) is 0.918. The van der Waals surface area contributed by atoms with Gasteiger partial charge in [-0.15, -0.1) is 0 Å². The molecule has 0 radical (unpaired) electrons. The Hall–Kier alpha value is -2.82. The molecule has 1 amide bonds. The minimum absolute atomic E-state index is 0.0928. The Labute approximate surface area is 153 Å². The monoisotopic (exact) mass is 349 g/mol. The summed E-state index contributed by atoms with van der Waals surface area (Å²) in [5.41, 5.74) is 2.78. The van der Waals surface area contributed by atoms with E-state index >= 15 is 0 Å². The van der Waals surface area contributed by atoms with E-state index in [-0.39, 0.29) is 5.91 Å². The molecular weight excluding hydrogens is 326 g/mol. The Kier molecular flexibility index (Phi) is 4.61. The maximum absolute atomic E-state index is 13.1. The van der Waals surface area contributed by atoms with Crippen LogP contribution >= 0.6 is 0 Å². The number of ether oxygens (including phenoxy) is 1. The van der Waals surface area contributed by atoms with Crippen LogP contribution < -0.4 is 4.74 Å². The van der Waals surface area contributed by atoms with Gasteiger partial charge in [-0.1, -0.05) is 6.07 Å². The summed E-state index contributed by atoms with van der Waals surface area (Å²) < 4.78 is 5.31. The lowest BCUT2D eigenvalue weighted by molar-refractivity contribution is 0.0675. The van der Waals surface area contributed by atoms with Crippen molar-refractivity contribution in [3.63, 3.8) is 0 Å². The van der Waals surface area contributed by atoms with E-state index in [0.29, 0.717) is 5.92 Å². The molecule has 0 spiro atoms. The van der Waals surface area contributed by atoms with Crippen LogP contribution in [0.3, 0.4) is 0 Å². The SMILES string of the molecule is COc1ccc2[nH]cc(C(=O)N3CCC[C@@H](Cc4ccccn4)C3)c2c1. The van der Waals surface area contributed by atoms with Gasteiger partial charge in [0, 0.05) is 42.1 Å². The second-order valence-corrected chi connectivity index (χ2v) is 6.90. The molecule has 0 unspecified atom stereocenters. The van der Waals surface area contributed by atoms with Gasteiger partial charge in [-0.05, 0) is 55.5 Å². The van der Waals surface area contributed by atoms with Crippen LogP contribution in [0.15, 0.2) is 48.8 Å². The highest BCUT2D eigenvalue weighted by molar-refractivity contribution is 6.07. The number of H-pyrrole nitrogens is 1.